The second-order valence-electron chi connectivity index (χ2n) is 4.07. The number of rotatable bonds is 5. The zero-order valence-electron chi connectivity index (χ0n) is 10.2. The van der Waals surface area contributed by atoms with Crippen LogP contribution in [0.5, 0.6) is 0 Å². The van der Waals surface area contributed by atoms with Crippen LogP contribution >= 0.6 is 11.6 Å². The summed E-state index contributed by atoms with van der Waals surface area (Å²) in [5.74, 6) is 0.906. The molecule has 0 atom stereocenters. The third-order valence-corrected chi connectivity index (χ3v) is 3.66. The third-order valence-electron chi connectivity index (χ3n) is 2.37. The van der Waals surface area contributed by atoms with E-state index < -0.39 is 9.84 Å². The summed E-state index contributed by atoms with van der Waals surface area (Å²) in [5, 5.41) is 0. The fourth-order valence-corrected chi connectivity index (χ4v) is 2.60. The zero-order valence-corrected chi connectivity index (χ0v) is 11.8. The van der Waals surface area contributed by atoms with Gasteiger partial charge in [-0.2, -0.15) is 0 Å². The van der Waals surface area contributed by atoms with Crippen LogP contribution in [0, 0.1) is 0 Å². The third kappa shape index (κ3) is 3.57. The van der Waals surface area contributed by atoms with E-state index in [-0.39, 0.29) is 10.9 Å². The number of aromatic nitrogens is 1. The zero-order chi connectivity index (χ0) is 13.1. The summed E-state index contributed by atoms with van der Waals surface area (Å²) in [6.07, 6.45) is 2.78. The van der Waals surface area contributed by atoms with E-state index in [1.54, 1.807) is 18.3 Å². The molecule has 0 aliphatic rings. The van der Waals surface area contributed by atoms with Crippen molar-refractivity contribution in [2.75, 3.05) is 23.6 Å². The standard InChI is InChI=1S/C11H17ClN2O2S/c1-9(2)14(8-6-12)11-10(17(3,15)16)5-4-7-13-11/h4-5,7,9H,6,8H2,1-3H3. The highest BCUT2D eigenvalue weighted by Gasteiger charge is 2.20. The molecule has 1 aromatic rings. The van der Waals surface area contributed by atoms with E-state index in [4.69, 9.17) is 11.6 Å². The van der Waals surface area contributed by atoms with Gasteiger partial charge in [0.15, 0.2) is 9.84 Å². The van der Waals surface area contributed by atoms with Crippen molar-refractivity contribution < 1.29 is 8.42 Å². The Labute approximate surface area is 108 Å². The molecular formula is C11H17ClN2O2S. The molecule has 0 aromatic carbocycles. The van der Waals surface area contributed by atoms with Gasteiger partial charge in [-0.25, -0.2) is 13.4 Å². The Balaban J connectivity index is 3.29. The summed E-state index contributed by atoms with van der Waals surface area (Å²) in [4.78, 5) is 6.31. The van der Waals surface area contributed by atoms with E-state index in [2.05, 4.69) is 4.98 Å². The summed E-state index contributed by atoms with van der Waals surface area (Å²) < 4.78 is 23.4. The van der Waals surface area contributed by atoms with Gasteiger partial charge < -0.3 is 4.90 Å². The number of anilines is 1. The summed E-state index contributed by atoms with van der Waals surface area (Å²) in [5.41, 5.74) is 0. The van der Waals surface area contributed by atoms with Crippen LogP contribution in [0.2, 0.25) is 0 Å². The van der Waals surface area contributed by atoms with Crippen LogP contribution in [-0.4, -0.2) is 38.1 Å². The maximum Gasteiger partial charge on any atom is 0.179 e. The van der Waals surface area contributed by atoms with Gasteiger partial charge in [0.05, 0.1) is 0 Å². The second-order valence-corrected chi connectivity index (χ2v) is 6.44. The van der Waals surface area contributed by atoms with Crippen molar-refractivity contribution in [1.82, 2.24) is 4.98 Å². The van der Waals surface area contributed by atoms with E-state index >= 15 is 0 Å². The molecule has 0 aliphatic carbocycles. The number of alkyl halides is 1. The van der Waals surface area contributed by atoms with Crippen molar-refractivity contribution in [3.05, 3.63) is 18.3 Å². The van der Waals surface area contributed by atoms with Gasteiger partial charge >= 0.3 is 0 Å². The van der Waals surface area contributed by atoms with Gasteiger partial charge in [-0.3, -0.25) is 0 Å². The van der Waals surface area contributed by atoms with Gasteiger partial charge in [-0.15, -0.1) is 11.6 Å². The van der Waals surface area contributed by atoms with Crippen LogP contribution in [0.15, 0.2) is 23.2 Å². The molecule has 0 amide bonds. The van der Waals surface area contributed by atoms with Crippen LogP contribution in [0.1, 0.15) is 13.8 Å². The Kier molecular flexibility index (Phi) is 4.77. The smallest absolute Gasteiger partial charge is 0.179 e. The first kappa shape index (κ1) is 14.3. The molecule has 1 rings (SSSR count). The molecule has 0 radical (unpaired) electrons. The molecule has 1 heterocycles. The van der Waals surface area contributed by atoms with Crippen molar-refractivity contribution >= 4 is 27.3 Å². The van der Waals surface area contributed by atoms with Crippen molar-refractivity contribution in [2.24, 2.45) is 0 Å². The normalized spacial score (nSPS) is 11.8. The maximum absolute atomic E-state index is 11.7. The van der Waals surface area contributed by atoms with E-state index in [0.717, 1.165) is 0 Å². The number of halogens is 1. The quantitative estimate of drug-likeness (QED) is 0.771. The van der Waals surface area contributed by atoms with Gasteiger partial charge in [-0.05, 0) is 26.0 Å². The van der Waals surface area contributed by atoms with E-state index in [0.29, 0.717) is 18.2 Å². The van der Waals surface area contributed by atoms with E-state index in [1.807, 2.05) is 18.7 Å². The molecule has 0 aliphatic heterocycles. The Morgan fingerprint density at radius 2 is 2.12 bits per heavy atom. The van der Waals surface area contributed by atoms with Gasteiger partial charge in [0.1, 0.15) is 10.7 Å². The van der Waals surface area contributed by atoms with Gasteiger partial charge in [-0.1, -0.05) is 0 Å². The first-order valence-electron chi connectivity index (χ1n) is 5.35. The minimum atomic E-state index is -3.28. The Morgan fingerprint density at radius 3 is 2.59 bits per heavy atom. The number of nitrogens with zero attached hydrogens (tertiary/aromatic N) is 2. The Morgan fingerprint density at radius 1 is 1.47 bits per heavy atom. The molecule has 96 valence electrons. The van der Waals surface area contributed by atoms with Crippen molar-refractivity contribution in [3.63, 3.8) is 0 Å². The van der Waals surface area contributed by atoms with Gasteiger partial charge in [0.2, 0.25) is 0 Å². The molecule has 6 heteroatoms. The van der Waals surface area contributed by atoms with Crippen LogP contribution < -0.4 is 4.90 Å². The molecule has 4 nitrogen and oxygen atoms in total. The highest BCUT2D eigenvalue weighted by Crippen LogP contribution is 2.23. The van der Waals surface area contributed by atoms with Crippen molar-refractivity contribution in [3.8, 4) is 0 Å². The predicted octanol–water partition coefficient (Wildman–Crippen LogP) is 1.94. The fourth-order valence-electron chi connectivity index (χ4n) is 1.59. The summed E-state index contributed by atoms with van der Waals surface area (Å²) in [6, 6.07) is 3.34. The molecule has 0 saturated carbocycles. The largest absolute Gasteiger partial charge is 0.352 e. The van der Waals surface area contributed by atoms with E-state index in [9.17, 15) is 8.42 Å². The van der Waals surface area contributed by atoms with E-state index in [1.165, 1.54) is 6.26 Å². The molecule has 0 N–H and O–H groups in total. The number of hydrogen-bond acceptors (Lipinski definition) is 4. The molecule has 0 saturated heterocycles. The fraction of sp³-hybridized carbons (Fsp3) is 0.545. The second kappa shape index (κ2) is 5.69. The number of hydrogen-bond donors (Lipinski definition) is 0. The summed E-state index contributed by atoms with van der Waals surface area (Å²) in [6.45, 7) is 4.53. The average Bonchev–Trinajstić information content (AvgIpc) is 2.24. The predicted molar refractivity (Wildman–Crippen MR) is 70.5 cm³/mol. The minimum absolute atomic E-state index is 0.143. The highest BCUT2D eigenvalue weighted by molar-refractivity contribution is 7.90. The Bertz CT molecular complexity index is 474. The molecule has 0 spiro atoms. The lowest BCUT2D eigenvalue weighted by Gasteiger charge is -2.28. The average molecular weight is 277 g/mol. The Hall–Kier alpha value is -0.810. The topological polar surface area (TPSA) is 50.3 Å². The van der Waals surface area contributed by atoms with Gasteiger partial charge in [0, 0.05) is 30.9 Å². The summed E-state index contributed by atoms with van der Waals surface area (Å²) in [7, 11) is -3.28. The van der Waals surface area contributed by atoms with Crippen molar-refractivity contribution in [1.29, 1.82) is 0 Å². The molecule has 1 aromatic heterocycles. The van der Waals surface area contributed by atoms with Crippen LogP contribution in [-0.2, 0) is 9.84 Å². The number of sulfone groups is 1. The minimum Gasteiger partial charge on any atom is -0.352 e. The number of pyridine rings is 1. The first-order valence-corrected chi connectivity index (χ1v) is 7.78. The lowest BCUT2D eigenvalue weighted by atomic mass is 10.3. The van der Waals surface area contributed by atoms with Crippen LogP contribution in [0.3, 0.4) is 0 Å². The van der Waals surface area contributed by atoms with Crippen LogP contribution in [0.4, 0.5) is 5.82 Å². The maximum atomic E-state index is 11.7. The lowest BCUT2D eigenvalue weighted by Crippen LogP contribution is -2.34. The lowest BCUT2D eigenvalue weighted by molar-refractivity contribution is 0.599. The monoisotopic (exact) mass is 276 g/mol. The molecule has 0 bridgehead atoms. The first-order chi connectivity index (χ1) is 7.88. The van der Waals surface area contributed by atoms with Crippen LogP contribution in [0.25, 0.3) is 0 Å². The molecular weight excluding hydrogens is 260 g/mol. The molecule has 17 heavy (non-hydrogen) atoms. The van der Waals surface area contributed by atoms with Crippen molar-refractivity contribution in [2.45, 2.75) is 24.8 Å². The van der Waals surface area contributed by atoms with Gasteiger partial charge in [0.25, 0.3) is 0 Å². The highest BCUT2D eigenvalue weighted by atomic mass is 35.5. The SMILES string of the molecule is CC(C)N(CCCl)c1ncccc1S(C)(=O)=O. The molecule has 0 unspecified atom stereocenters. The summed E-state index contributed by atoms with van der Waals surface area (Å²) >= 11 is 5.74. The molecule has 0 fully saturated rings.